The Kier molecular flexibility index (Phi) is 1.97. The molecule has 1 atom stereocenters. The van der Waals surface area contributed by atoms with Gasteiger partial charge in [-0.15, -0.1) is 11.3 Å². The zero-order valence-corrected chi connectivity index (χ0v) is 8.32. The van der Waals surface area contributed by atoms with E-state index in [0.29, 0.717) is 5.92 Å². The van der Waals surface area contributed by atoms with Gasteiger partial charge < -0.3 is 5.11 Å². The summed E-state index contributed by atoms with van der Waals surface area (Å²) < 4.78 is 0. The SMILES string of the molecule is Cc1cc(C(O)C2CC2)c(C)s1. The Hall–Kier alpha value is -0.340. The fourth-order valence-corrected chi connectivity index (χ4v) is 2.58. The van der Waals surface area contributed by atoms with Gasteiger partial charge in [-0.25, -0.2) is 0 Å². The summed E-state index contributed by atoms with van der Waals surface area (Å²) >= 11 is 1.78. The first-order chi connectivity index (χ1) is 5.68. The van der Waals surface area contributed by atoms with Crippen LogP contribution < -0.4 is 0 Å². The molecule has 1 saturated carbocycles. The molecule has 1 unspecified atom stereocenters. The normalized spacial score (nSPS) is 19.6. The second-order valence-electron chi connectivity index (χ2n) is 3.65. The lowest BCUT2D eigenvalue weighted by atomic mass is 10.1. The third kappa shape index (κ3) is 1.41. The molecular weight excluding hydrogens is 168 g/mol. The van der Waals surface area contributed by atoms with Crippen LogP contribution >= 0.6 is 11.3 Å². The van der Waals surface area contributed by atoms with Crippen LogP contribution in [0.5, 0.6) is 0 Å². The molecule has 1 N–H and O–H groups in total. The van der Waals surface area contributed by atoms with Gasteiger partial charge in [-0.3, -0.25) is 0 Å². The smallest absolute Gasteiger partial charge is 0.0828 e. The zero-order valence-electron chi connectivity index (χ0n) is 7.50. The second-order valence-corrected chi connectivity index (χ2v) is 5.11. The van der Waals surface area contributed by atoms with E-state index in [1.54, 1.807) is 11.3 Å². The summed E-state index contributed by atoms with van der Waals surface area (Å²) in [5.74, 6) is 0.553. The van der Waals surface area contributed by atoms with E-state index < -0.39 is 0 Å². The van der Waals surface area contributed by atoms with Gasteiger partial charge in [-0.1, -0.05) is 0 Å². The summed E-state index contributed by atoms with van der Waals surface area (Å²) in [7, 11) is 0. The fourth-order valence-electron chi connectivity index (χ4n) is 1.61. The van der Waals surface area contributed by atoms with Crippen LogP contribution in [-0.4, -0.2) is 5.11 Å². The highest BCUT2D eigenvalue weighted by Crippen LogP contribution is 2.43. The van der Waals surface area contributed by atoms with Gasteiger partial charge in [0.25, 0.3) is 0 Å². The molecule has 0 bridgehead atoms. The summed E-state index contributed by atoms with van der Waals surface area (Å²) in [6.07, 6.45) is 2.22. The summed E-state index contributed by atoms with van der Waals surface area (Å²) in [6.45, 7) is 4.19. The first-order valence-electron chi connectivity index (χ1n) is 4.43. The van der Waals surface area contributed by atoms with Gasteiger partial charge in [0.1, 0.15) is 0 Å². The van der Waals surface area contributed by atoms with Crippen molar-refractivity contribution in [2.45, 2.75) is 32.8 Å². The standard InChI is InChI=1S/C10H14OS/c1-6-5-9(7(2)12-6)10(11)8-3-4-8/h5,8,10-11H,3-4H2,1-2H3. The average Bonchev–Trinajstić information content (AvgIpc) is 2.77. The van der Waals surface area contributed by atoms with E-state index in [1.807, 2.05) is 0 Å². The Bertz CT molecular complexity index is 286. The summed E-state index contributed by atoms with van der Waals surface area (Å²) in [5.41, 5.74) is 1.17. The number of hydrogen-bond donors (Lipinski definition) is 1. The van der Waals surface area contributed by atoms with Gasteiger partial charge in [0.15, 0.2) is 0 Å². The molecule has 0 spiro atoms. The molecule has 2 heteroatoms. The summed E-state index contributed by atoms with van der Waals surface area (Å²) in [4.78, 5) is 2.59. The van der Waals surface area contributed by atoms with Crippen LogP contribution in [-0.2, 0) is 0 Å². The number of aliphatic hydroxyl groups excluding tert-OH is 1. The third-order valence-corrected chi connectivity index (χ3v) is 3.45. The highest BCUT2D eigenvalue weighted by atomic mass is 32.1. The van der Waals surface area contributed by atoms with Crippen molar-refractivity contribution < 1.29 is 5.11 Å². The van der Waals surface area contributed by atoms with Crippen LogP contribution in [0.4, 0.5) is 0 Å². The molecule has 0 aliphatic heterocycles. The number of aliphatic hydroxyl groups is 1. The lowest BCUT2D eigenvalue weighted by Gasteiger charge is -2.07. The molecular formula is C10H14OS. The van der Waals surface area contributed by atoms with Crippen molar-refractivity contribution in [3.63, 3.8) is 0 Å². The highest BCUT2D eigenvalue weighted by molar-refractivity contribution is 7.12. The molecule has 1 nitrogen and oxygen atoms in total. The molecule has 1 heterocycles. The minimum atomic E-state index is -0.185. The van der Waals surface area contributed by atoms with Crippen LogP contribution in [0.3, 0.4) is 0 Å². The average molecular weight is 182 g/mol. The molecule has 1 aliphatic rings. The van der Waals surface area contributed by atoms with Gasteiger partial charge in [0, 0.05) is 9.75 Å². The maximum absolute atomic E-state index is 9.86. The van der Waals surface area contributed by atoms with E-state index >= 15 is 0 Å². The largest absolute Gasteiger partial charge is 0.388 e. The number of rotatable bonds is 2. The van der Waals surface area contributed by atoms with E-state index in [2.05, 4.69) is 19.9 Å². The summed E-state index contributed by atoms with van der Waals surface area (Å²) in [5, 5.41) is 9.86. The Labute approximate surface area is 77.0 Å². The van der Waals surface area contributed by atoms with Gasteiger partial charge >= 0.3 is 0 Å². The Morgan fingerprint density at radius 3 is 2.58 bits per heavy atom. The van der Waals surface area contributed by atoms with Gasteiger partial charge in [0.05, 0.1) is 6.10 Å². The monoisotopic (exact) mass is 182 g/mol. The first kappa shape index (κ1) is 8.27. The molecule has 1 aromatic rings. The third-order valence-electron chi connectivity index (χ3n) is 2.47. The van der Waals surface area contributed by atoms with Crippen molar-refractivity contribution in [1.82, 2.24) is 0 Å². The number of hydrogen-bond acceptors (Lipinski definition) is 2. The molecule has 0 aromatic carbocycles. The number of thiophene rings is 1. The number of aryl methyl sites for hydroxylation is 2. The Balaban J connectivity index is 2.25. The molecule has 2 rings (SSSR count). The topological polar surface area (TPSA) is 20.2 Å². The lowest BCUT2D eigenvalue weighted by Crippen LogP contribution is -1.98. The van der Waals surface area contributed by atoms with Crippen molar-refractivity contribution in [2.75, 3.05) is 0 Å². The molecule has 1 fully saturated rings. The van der Waals surface area contributed by atoms with E-state index in [-0.39, 0.29) is 6.10 Å². The maximum atomic E-state index is 9.86. The zero-order chi connectivity index (χ0) is 8.72. The Morgan fingerprint density at radius 1 is 1.50 bits per heavy atom. The predicted molar refractivity (Wildman–Crippen MR) is 51.5 cm³/mol. The molecule has 1 aliphatic carbocycles. The van der Waals surface area contributed by atoms with Gasteiger partial charge in [0.2, 0.25) is 0 Å². The fraction of sp³-hybridized carbons (Fsp3) is 0.600. The van der Waals surface area contributed by atoms with Crippen LogP contribution in [0.2, 0.25) is 0 Å². The predicted octanol–water partition coefficient (Wildman–Crippen LogP) is 2.81. The molecule has 12 heavy (non-hydrogen) atoms. The van der Waals surface area contributed by atoms with E-state index in [1.165, 1.54) is 28.2 Å². The van der Waals surface area contributed by atoms with E-state index in [0.717, 1.165) is 0 Å². The maximum Gasteiger partial charge on any atom is 0.0828 e. The molecule has 0 radical (unpaired) electrons. The highest BCUT2D eigenvalue weighted by Gasteiger charge is 2.32. The van der Waals surface area contributed by atoms with Crippen LogP contribution in [0, 0.1) is 19.8 Å². The van der Waals surface area contributed by atoms with Crippen molar-refractivity contribution >= 4 is 11.3 Å². The Morgan fingerprint density at radius 2 is 2.17 bits per heavy atom. The second kappa shape index (κ2) is 2.86. The molecule has 0 saturated heterocycles. The minimum Gasteiger partial charge on any atom is -0.388 e. The van der Waals surface area contributed by atoms with Crippen molar-refractivity contribution in [3.8, 4) is 0 Å². The van der Waals surface area contributed by atoms with E-state index in [4.69, 9.17) is 0 Å². The minimum absolute atomic E-state index is 0.185. The summed E-state index contributed by atoms with van der Waals surface area (Å²) in [6, 6.07) is 2.13. The molecule has 66 valence electrons. The van der Waals surface area contributed by atoms with Crippen molar-refractivity contribution in [1.29, 1.82) is 0 Å². The van der Waals surface area contributed by atoms with Crippen LogP contribution in [0.15, 0.2) is 6.07 Å². The quantitative estimate of drug-likeness (QED) is 0.745. The molecule has 1 aromatic heterocycles. The lowest BCUT2D eigenvalue weighted by molar-refractivity contribution is 0.153. The van der Waals surface area contributed by atoms with Crippen LogP contribution in [0.25, 0.3) is 0 Å². The van der Waals surface area contributed by atoms with Gasteiger partial charge in [-0.05, 0) is 44.2 Å². The van der Waals surface area contributed by atoms with Crippen LogP contribution in [0.1, 0.15) is 34.3 Å². The van der Waals surface area contributed by atoms with Crippen molar-refractivity contribution in [3.05, 3.63) is 21.4 Å². The van der Waals surface area contributed by atoms with Gasteiger partial charge in [-0.2, -0.15) is 0 Å². The van der Waals surface area contributed by atoms with E-state index in [9.17, 15) is 5.11 Å². The first-order valence-corrected chi connectivity index (χ1v) is 5.25. The molecule has 0 amide bonds. The van der Waals surface area contributed by atoms with Crippen molar-refractivity contribution in [2.24, 2.45) is 5.92 Å².